The number of halogens is 2. The van der Waals surface area contributed by atoms with Crippen molar-refractivity contribution in [1.29, 1.82) is 0 Å². The summed E-state index contributed by atoms with van der Waals surface area (Å²) < 4.78 is 23.8. The van der Waals surface area contributed by atoms with Crippen molar-refractivity contribution in [3.8, 4) is 5.75 Å². The summed E-state index contributed by atoms with van der Waals surface area (Å²) in [5, 5.41) is 0.357. The minimum absolute atomic E-state index is 0.144. The number of esters is 1. The number of carbonyl (C=O) groups is 3. The maximum Gasteiger partial charge on any atom is 0.303 e. The Bertz CT molecular complexity index is 970. The van der Waals surface area contributed by atoms with Crippen LogP contribution in [-0.4, -0.2) is 43.6 Å². The molecular formula is C21H21ClFN3O5. The number of anilines is 1. The second kappa shape index (κ2) is 10.1. The van der Waals surface area contributed by atoms with Gasteiger partial charge in [0.05, 0.1) is 11.6 Å². The van der Waals surface area contributed by atoms with Crippen molar-refractivity contribution in [3.05, 3.63) is 58.9 Å². The van der Waals surface area contributed by atoms with Crippen molar-refractivity contribution >= 4 is 35.1 Å². The smallest absolute Gasteiger partial charge is 0.303 e. The zero-order valence-corrected chi connectivity index (χ0v) is 17.4. The van der Waals surface area contributed by atoms with Crippen LogP contribution in [0.25, 0.3) is 0 Å². The molecular weight excluding hydrogens is 429 g/mol. The number of hydrogen-bond acceptors (Lipinski definition) is 6. The zero-order valence-electron chi connectivity index (χ0n) is 16.7. The molecule has 10 heteroatoms. The molecule has 3 rings (SSSR count). The van der Waals surface area contributed by atoms with Crippen LogP contribution in [-0.2, 0) is 14.3 Å². The molecule has 0 radical (unpaired) electrons. The van der Waals surface area contributed by atoms with Gasteiger partial charge in [0.2, 0.25) is 0 Å². The number of hydrazine groups is 1. The zero-order chi connectivity index (χ0) is 22.4. The number of nitrogens with zero attached hydrogens (tertiary/aromatic N) is 1. The van der Waals surface area contributed by atoms with Gasteiger partial charge < -0.3 is 14.4 Å². The van der Waals surface area contributed by atoms with Crippen LogP contribution in [0.15, 0.2) is 42.5 Å². The molecule has 164 valence electrons. The molecule has 8 nitrogen and oxygen atoms in total. The second-order valence-corrected chi connectivity index (χ2v) is 7.29. The van der Waals surface area contributed by atoms with Crippen molar-refractivity contribution in [2.24, 2.45) is 0 Å². The van der Waals surface area contributed by atoms with Crippen LogP contribution in [0.3, 0.4) is 0 Å². The normalized spacial score (nSPS) is 15.3. The van der Waals surface area contributed by atoms with Crippen LogP contribution < -0.4 is 20.5 Å². The Hall–Kier alpha value is -3.33. The molecule has 2 N–H and O–H groups in total. The summed E-state index contributed by atoms with van der Waals surface area (Å²) in [6.45, 7) is 2.02. The van der Waals surface area contributed by atoms with E-state index in [9.17, 15) is 18.8 Å². The predicted molar refractivity (Wildman–Crippen MR) is 111 cm³/mol. The largest absolute Gasteiger partial charge is 0.487 e. The Kier molecular flexibility index (Phi) is 7.30. The summed E-state index contributed by atoms with van der Waals surface area (Å²) in [6, 6.07) is 10.8. The van der Waals surface area contributed by atoms with Crippen LogP contribution in [0, 0.1) is 5.82 Å². The van der Waals surface area contributed by atoms with Crippen molar-refractivity contribution in [1.82, 2.24) is 10.9 Å². The highest BCUT2D eigenvalue weighted by atomic mass is 35.5. The number of nitrogens with one attached hydrogen (secondary N) is 2. The van der Waals surface area contributed by atoms with Crippen LogP contribution in [0.4, 0.5) is 10.1 Å². The van der Waals surface area contributed by atoms with Gasteiger partial charge in [-0.25, -0.2) is 4.39 Å². The molecule has 0 bridgehead atoms. The fourth-order valence-corrected chi connectivity index (χ4v) is 3.19. The highest BCUT2D eigenvalue weighted by molar-refractivity contribution is 6.32. The molecule has 0 unspecified atom stereocenters. The molecule has 2 amide bonds. The highest BCUT2D eigenvalue weighted by Crippen LogP contribution is 2.29. The summed E-state index contributed by atoms with van der Waals surface area (Å²) in [5.74, 6) is -1.85. The molecule has 0 spiro atoms. The van der Waals surface area contributed by atoms with Gasteiger partial charge in [0.15, 0.2) is 6.61 Å². The molecule has 2 aromatic carbocycles. The molecule has 0 saturated carbocycles. The Morgan fingerprint density at radius 2 is 1.90 bits per heavy atom. The first kappa shape index (κ1) is 22.4. The lowest BCUT2D eigenvalue weighted by Gasteiger charge is -2.19. The third-order valence-corrected chi connectivity index (χ3v) is 4.86. The summed E-state index contributed by atoms with van der Waals surface area (Å²) in [6.07, 6.45) is 0.596. The minimum atomic E-state index is -0.651. The van der Waals surface area contributed by atoms with E-state index in [2.05, 4.69) is 20.5 Å². The van der Waals surface area contributed by atoms with Crippen LogP contribution in [0.2, 0.25) is 5.02 Å². The van der Waals surface area contributed by atoms with E-state index >= 15 is 0 Å². The SMILES string of the molecule is CC(=O)OCC(=O)NNC(=O)c1ccc(N2CC[C@H](Oc3cc(F)ccc3Cl)C2)cc1. The molecule has 31 heavy (non-hydrogen) atoms. The standard InChI is InChI=1S/C21H21ClFN3O5/c1-13(27)30-12-20(28)24-25-21(29)14-2-5-16(6-3-14)26-9-8-17(11-26)31-19-10-15(23)4-7-18(19)22/h2-7,10,17H,8-9,11-12H2,1H3,(H,24,28)(H,25,29)/t17-/m0/s1. The molecule has 0 aromatic heterocycles. The maximum atomic E-state index is 13.4. The number of amides is 2. The fourth-order valence-electron chi connectivity index (χ4n) is 3.03. The predicted octanol–water partition coefficient (Wildman–Crippen LogP) is 2.46. The van der Waals surface area contributed by atoms with Crippen LogP contribution in [0.1, 0.15) is 23.7 Å². The lowest BCUT2D eigenvalue weighted by Crippen LogP contribution is -2.43. The van der Waals surface area contributed by atoms with Gasteiger partial charge >= 0.3 is 5.97 Å². The van der Waals surface area contributed by atoms with E-state index in [1.807, 2.05) is 0 Å². The van der Waals surface area contributed by atoms with E-state index in [1.165, 1.54) is 25.1 Å². The Morgan fingerprint density at radius 3 is 2.61 bits per heavy atom. The van der Waals surface area contributed by atoms with Gasteiger partial charge in [-0.05, 0) is 36.4 Å². The molecule has 1 aliphatic rings. The van der Waals surface area contributed by atoms with E-state index in [1.54, 1.807) is 24.3 Å². The molecule has 1 atom stereocenters. The van der Waals surface area contributed by atoms with E-state index < -0.39 is 30.2 Å². The molecule has 1 heterocycles. The highest BCUT2D eigenvalue weighted by Gasteiger charge is 2.25. The van der Waals surface area contributed by atoms with Crippen LogP contribution in [0.5, 0.6) is 5.75 Å². The lowest BCUT2D eigenvalue weighted by molar-refractivity contribution is -0.146. The van der Waals surface area contributed by atoms with E-state index in [0.29, 0.717) is 22.9 Å². The van der Waals surface area contributed by atoms with Gasteiger partial charge in [-0.1, -0.05) is 11.6 Å². The van der Waals surface area contributed by atoms with Gasteiger partial charge in [-0.3, -0.25) is 25.2 Å². The number of hydrogen-bond donors (Lipinski definition) is 2. The molecule has 0 aliphatic carbocycles. The van der Waals surface area contributed by atoms with E-state index in [4.69, 9.17) is 16.3 Å². The maximum absolute atomic E-state index is 13.4. The molecule has 2 aromatic rings. The van der Waals surface area contributed by atoms with E-state index in [0.717, 1.165) is 18.7 Å². The number of rotatable bonds is 6. The summed E-state index contributed by atoms with van der Waals surface area (Å²) in [7, 11) is 0. The first-order chi connectivity index (χ1) is 14.8. The monoisotopic (exact) mass is 449 g/mol. The van der Waals surface area contributed by atoms with Crippen molar-refractivity contribution in [2.45, 2.75) is 19.4 Å². The Balaban J connectivity index is 1.51. The first-order valence-corrected chi connectivity index (χ1v) is 9.89. The Morgan fingerprint density at radius 1 is 1.16 bits per heavy atom. The van der Waals surface area contributed by atoms with Crippen LogP contribution >= 0.6 is 11.6 Å². The minimum Gasteiger partial charge on any atom is -0.487 e. The van der Waals surface area contributed by atoms with Crippen molar-refractivity contribution < 1.29 is 28.2 Å². The molecule has 1 fully saturated rings. The summed E-state index contributed by atoms with van der Waals surface area (Å²) >= 11 is 6.06. The first-order valence-electron chi connectivity index (χ1n) is 9.51. The summed E-state index contributed by atoms with van der Waals surface area (Å²) in [4.78, 5) is 36.3. The van der Waals surface area contributed by atoms with Crippen molar-refractivity contribution in [2.75, 3.05) is 24.6 Å². The third-order valence-electron chi connectivity index (χ3n) is 4.55. The van der Waals surface area contributed by atoms with Gasteiger partial charge in [0.1, 0.15) is 17.7 Å². The topological polar surface area (TPSA) is 97.0 Å². The number of ether oxygens (including phenoxy) is 2. The average Bonchev–Trinajstić information content (AvgIpc) is 3.21. The van der Waals surface area contributed by atoms with Gasteiger partial charge in [0, 0.05) is 37.2 Å². The van der Waals surface area contributed by atoms with Gasteiger partial charge in [-0.2, -0.15) is 0 Å². The lowest BCUT2D eigenvalue weighted by atomic mass is 10.2. The molecule has 1 aliphatic heterocycles. The molecule has 1 saturated heterocycles. The summed E-state index contributed by atoms with van der Waals surface area (Å²) in [5.41, 5.74) is 5.65. The van der Waals surface area contributed by atoms with Crippen molar-refractivity contribution in [3.63, 3.8) is 0 Å². The van der Waals surface area contributed by atoms with E-state index in [-0.39, 0.29) is 6.10 Å². The second-order valence-electron chi connectivity index (χ2n) is 6.88. The average molecular weight is 450 g/mol. The Labute approximate surface area is 183 Å². The number of benzene rings is 2. The fraction of sp³-hybridized carbons (Fsp3) is 0.286. The van der Waals surface area contributed by atoms with Gasteiger partial charge in [-0.15, -0.1) is 0 Å². The number of carbonyl (C=O) groups excluding carboxylic acids is 3. The van der Waals surface area contributed by atoms with Gasteiger partial charge in [0.25, 0.3) is 11.8 Å². The quantitative estimate of drug-likeness (QED) is 0.519. The third kappa shape index (κ3) is 6.32.